The molecule has 26 heavy (non-hydrogen) atoms. The molecule has 0 saturated carbocycles. The molecule has 3 heterocycles. The Morgan fingerprint density at radius 1 is 1.04 bits per heavy atom. The van der Waals surface area contributed by atoms with Crippen LogP contribution in [0, 0.1) is 11.8 Å². The predicted molar refractivity (Wildman–Crippen MR) is 103 cm³/mol. The van der Waals surface area contributed by atoms with Crippen molar-refractivity contribution in [1.29, 1.82) is 0 Å². The lowest BCUT2D eigenvalue weighted by Gasteiger charge is -2.22. The number of hydrogen-bond acceptors (Lipinski definition) is 4. The molecule has 3 atom stereocenters. The topological polar surface area (TPSA) is 39.6 Å². The van der Waals surface area contributed by atoms with E-state index in [2.05, 4.69) is 46.1 Å². The molecule has 4 heteroatoms. The largest absolute Gasteiger partial charge is 0.382 e. The Morgan fingerprint density at radius 3 is 2.62 bits per heavy atom. The fourth-order valence-electron chi connectivity index (χ4n) is 5.12. The molecule has 2 aromatic rings. The molecule has 1 aromatic heterocycles. The maximum Gasteiger partial charge on any atom is 0.121 e. The van der Waals surface area contributed by atoms with Crippen LogP contribution in [0.5, 0.6) is 0 Å². The number of likely N-dealkylation sites (tertiary alicyclic amines) is 1. The molecular weight excluding hydrogens is 322 g/mol. The molecule has 3 aliphatic rings. The van der Waals surface area contributed by atoms with Gasteiger partial charge in [-0.15, -0.1) is 0 Å². The number of rotatable bonds is 3. The van der Waals surface area contributed by atoms with E-state index in [0.29, 0.717) is 0 Å². The second-order valence-electron chi connectivity index (χ2n) is 8.38. The highest BCUT2D eigenvalue weighted by atomic mass is 16.3. The summed E-state index contributed by atoms with van der Waals surface area (Å²) in [6.45, 7) is 4.68. The Balaban J connectivity index is 1.37. The van der Waals surface area contributed by atoms with Gasteiger partial charge in [-0.05, 0) is 73.0 Å². The first-order chi connectivity index (χ1) is 12.7. The standard InChI is InChI=1S/C22H27N3O/c1-24-11-18-13-25(14-19(18)12-24)20-7-3-5-16(8-20)22(26)21-9-15-4-2-6-17(15)10-23-21/h3,5,7-10,18-19,22,26H,2,4,6,11-14H2,1H3/t18-,19+,22?. The van der Waals surface area contributed by atoms with Gasteiger partial charge in [-0.2, -0.15) is 0 Å². The Hall–Kier alpha value is -1.91. The summed E-state index contributed by atoms with van der Waals surface area (Å²) < 4.78 is 0. The summed E-state index contributed by atoms with van der Waals surface area (Å²) in [4.78, 5) is 9.49. The van der Waals surface area contributed by atoms with E-state index in [9.17, 15) is 5.11 Å². The quantitative estimate of drug-likeness (QED) is 0.925. The first kappa shape index (κ1) is 16.3. The van der Waals surface area contributed by atoms with Gasteiger partial charge in [0.15, 0.2) is 0 Å². The fourth-order valence-corrected chi connectivity index (χ4v) is 5.12. The average molecular weight is 349 g/mol. The maximum absolute atomic E-state index is 10.9. The Labute approximate surface area is 155 Å². The van der Waals surface area contributed by atoms with Gasteiger partial charge in [0.05, 0.1) is 5.69 Å². The van der Waals surface area contributed by atoms with Crippen LogP contribution < -0.4 is 4.90 Å². The van der Waals surface area contributed by atoms with Gasteiger partial charge in [0, 0.05) is 38.1 Å². The molecule has 1 aliphatic carbocycles. The van der Waals surface area contributed by atoms with Crippen LogP contribution in [-0.2, 0) is 12.8 Å². The second kappa shape index (κ2) is 6.36. The number of nitrogens with zero attached hydrogens (tertiary/aromatic N) is 3. The number of benzene rings is 1. The van der Waals surface area contributed by atoms with Gasteiger partial charge in [0.1, 0.15) is 6.10 Å². The van der Waals surface area contributed by atoms with Gasteiger partial charge in [0.2, 0.25) is 0 Å². The Morgan fingerprint density at radius 2 is 1.81 bits per heavy atom. The first-order valence-electron chi connectivity index (χ1n) is 9.86. The highest BCUT2D eigenvalue weighted by Crippen LogP contribution is 2.35. The molecule has 5 rings (SSSR count). The number of aromatic nitrogens is 1. The number of aliphatic hydroxyl groups excluding tert-OH is 1. The van der Waals surface area contributed by atoms with E-state index in [4.69, 9.17) is 0 Å². The molecule has 4 nitrogen and oxygen atoms in total. The van der Waals surface area contributed by atoms with Crippen LogP contribution in [0.2, 0.25) is 0 Å². The fraction of sp³-hybridized carbons (Fsp3) is 0.500. The van der Waals surface area contributed by atoms with Crippen LogP contribution in [-0.4, -0.2) is 48.2 Å². The lowest BCUT2D eigenvalue weighted by Crippen LogP contribution is -2.26. The zero-order chi connectivity index (χ0) is 17.7. The van der Waals surface area contributed by atoms with Gasteiger partial charge < -0.3 is 14.9 Å². The molecule has 2 aliphatic heterocycles. The summed E-state index contributed by atoms with van der Waals surface area (Å²) in [5.41, 5.74) is 5.68. The van der Waals surface area contributed by atoms with Crippen LogP contribution in [0.4, 0.5) is 5.69 Å². The summed E-state index contributed by atoms with van der Waals surface area (Å²) in [7, 11) is 2.23. The number of pyridine rings is 1. The zero-order valence-electron chi connectivity index (χ0n) is 15.4. The van der Waals surface area contributed by atoms with E-state index >= 15 is 0 Å². The third-order valence-corrected chi connectivity index (χ3v) is 6.50. The molecule has 2 saturated heterocycles. The van der Waals surface area contributed by atoms with E-state index in [0.717, 1.165) is 49.0 Å². The van der Waals surface area contributed by atoms with Crippen LogP contribution in [0.15, 0.2) is 36.5 Å². The predicted octanol–water partition coefficient (Wildman–Crippen LogP) is 2.65. The van der Waals surface area contributed by atoms with Crippen molar-refractivity contribution in [2.45, 2.75) is 25.4 Å². The van der Waals surface area contributed by atoms with Gasteiger partial charge in [-0.3, -0.25) is 4.98 Å². The molecule has 0 bridgehead atoms. The maximum atomic E-state index is 10.9. The minimum absolute atomic E-state index is 0.644. The van der Waals surface area contributed by atoms with Crippen LogP contribution in [0.3, 0.4) is 0 Å². The molecule has 1 unspecified atom stereocenters. The van der Waals surface area contributed by atoms with Crippen LogP contribution in [0.1, 0.15) is 34.9 Å². The lowest BCUT2D eigenvalue weighted by atomic mass is 10.0. The SMILES string of the molecule is CN1C[C@@H]2CN(c3cccc(C(O)c4cc5c(cn4)CCC5)c3)C[C@@H]2C1. The van der Waals surface area contributed by atoms with Gasteiger partial charge in [-0.1, -0.05) is 12.1 Å². The second-order valence-corrected chi connectivity index (χ2v) is 8.38. The van der Waals surface area contributed by atoms with Crippen molar-refractivity contribution in [1.82, 2.24) is 9.88 Å². The summed E-state index contributed by atoms with van der Waals surface area (Å²) in [6.07, 6.45) is 4.76. The average Bonchev–Trinajstić information content (AvgIpc) is 3.34. The lowest BCUT2D eigenvalue weighted by molar-refractivity contribution is 0.215. The number of fused-ring (bicyclic) bond motifs is 2. The van der Waals surface area contributed by atoms with Gasteiger partial charge in [-0.25, -0.2) is 0 Å². The first-order valence-corrected chi connectivity index (χ1v) is 9.86. The summed E-state index contributed by atoms with van der Waals surface area (Å²) in [5.74, 6) is 1.57. The summed E-state index contributed by atoms with van der Waals surface area (Å²) in [6, 6.07) is 10.5. The number of hydrogen-bond donors (Lipinski definition) is 1. The molecule has 1 N–H and O–H groups in total. The minimum atomic E-state index is -0.644. The monoisotopic (exact) mass is 349 g/mol. The van der Waals surface area contributed by atoms with Crippen molar-refractivity contribution in [2.24, 2.45) is 11.8 Å². The number of aliphatic hydroxyl groups is 1. The van der Waals surface area contributed by atoms with Crippen molar-refractivity contribution in [3.05, 3.63) is 58.9 Å². The number of anilines is 1. The van der Waals surface area contributed by atoms with Gasteiger partial charge >= 0.3 is 0 Å². The van der Waals surface area contributed by atoms with E-state index in [1.807, 2.05) is 12.3 Å². The van der Waals surface area contributed by atoms with Crippen molar-refractivity contribution >= 4 is 5.69 Å². The highest BCUT2D eigenvalue weighted by Gasteiger charge is 2.38. The molecule has 136 valence electrons. The van der Waals surface area contributed by atoms with Crippen molar-refractivity contribution < 1.29 is 5.11 Å². The minimum Gasteiger partial charge on any atom is -0.382 e. The van der Waals surface area contributed by atoms with Crippen LogP contribution in [0.25, 0.3) is 0 Å². The normalized spacial score (nSPS) is 26.2. The Bertz CT molecular complexity index is 807. The molecule has 1 aromatic carbocycles. The van der Waals surface area contributed by atoms with Crippen molar-refractivity contribution in [3.63, 3.8) is 0 Å². The Kier molecular flexibility index (Phi) is 3.98. The summed E-state index contributed by atoms with van der Waals surface area (Å²) in [5, 5.41) is 10.9. The smallest absolute Gasteiger partial charge is 0.121 e. The number of aryl methyl sites for hydroxylation is 2. The summed E-state index contributed by atoms with van der Waals surface area (Å²) >= 11 is 0. The third kappa shape index (κ3) is 2.81. The van der Waals surface area contributed by atoms with Crippen molar-refractivity contribution in [3.8, 4) is 0 Å². The van der Waals surface area contributed by atoms with Crippen LogP contribution >= 0.6 is 0 Å². The van der Waals surface area contributed by atoms with E-state index < -0.39 is 6.10 Å². The highest BCUT2D eigenvalue weighted by molar-refractivity contribution is 5.51. The molecule has 0 radical (unpaired) electrons. The molecule has 0 spiro atoms. The zero-order valence-corrected chi connectivity index (χ0v) is 15.4. The van der Waals surface area contributed by atoms with Gasteiger partial charge in [0.25, 0.3) is 0 Å². The van der Waals surface area contributed by atoms with E-state index in [1.54, 1.807) is 0 Å². The van der Waals surface area contributed by atoms with Crippen molar-refractivity contribution in [2.75, 3.05) is 38.1 Å². The third-order valence-electron chi connectivity index (χ3n) is 6.50. The van der Waals surface area contributed by atoms with E-state index in [1.165, 1.54) is 36.3 Å². The molecular formula is C22H27N3O. The molecule has 0 amide bonds. The van der Waals surface area contributed by atoms with E-state index in [-0.39, 0.29) is 0 Å². The molecule has 2 fully saturated rings.